The van der Waals surface area contributed by atoms with E-state index in [0.29, 0.717) is 24.9 Å². The number of fused-ring (bicyclic) bond motifs is 4. The van der Waals surface area contributed by atoms with Crippen molar-refractivity contribution in [3.8, 4) is 0 Å². The summed E-state index contributed by atoms with van der Waals surface area (Å²) in [6, 6.07) is 5.42. The predicted molar refractivity (Wildman–Crippen MR) is 184 cm³/mol. The molecule has 2 N–H and O–H groups in total. The molecule has 5 heterocycles. The molecule has 9 rings (SSSR count). The minimum Gasteiger partial charge on any atom is -0.462 e. The van der Waals surface area contributed by atoms with Crippen LogP contribution in [-0.4, -0.2) is 119 Å². The van der Waals surface area contributed by atoms with Crippen molar-refractivity contribution in [2.24, 2.45) is 22.7 Å². The van der Waals surface area contributed by atoms with E-state index in [2.05, 4.69) is 5.32 Å². The van der Waals surface area contributed by atoms with Gasteiger partial charge in [0, 0.05) is 42.8 Å². The van der Waals surface area contributed by atoms with E-state index in [4.69, 9.17) is 28.5 Å². The lowest BCUT2D eigenvalue weighted by atomic mass is 9.62. The Bertz CT molecular complexity index is 1760. The van der Waals surface area contributed by atoms with Gasteiger partial charge >= 0.3 is 17.9 Å². The van der Waals surface area contributed by atoms with E-state index < -0.39 is 77.1 Å². The monoisotopic (exact) mass is 749 g/mol. The van der Waals surface area contributed by atoms with E-state index >= 15 is 4.79 Å². The van der Waals surface area contributed by atoms with Gasteiger partial charge in [0.2, 0.25) is 17.9 Å². The quantitative estimate of drug-likeness (QED) is 0.189. The number of aliphatic hydroxyl groups excluding tert-OH is 1. The third-order valence-electron chi connectivity index (χ3n) is 12.6. The number of rotatable bonds is 11. The van der Waals surface area contributed by atoms with Crippen LogP contribution in [0.15, 0.2) is 30.3 Å². The molecule has 5 aliphatic heterocycles. The second-order valence-electron chi connectivity index (χ2n) is 16.8. The second-order valence-corrected chi connectivity index (χ2v) is 16.8. The van der Waals surface area contributed by atoms with Gasteiger partial charge in [-0.1, -0.05) is 38.1 Å². The average molecular weight is 750 g/mol. The van der Waals surface area contributed by atoms with Gasteiger partial charge in [0.05, 0.1) is 13.2 Å². The minimum atomic E-state index is -1.41. The van der Waals surface area contributed by atoms with Crippen molar-refractivity contribution in [1.29, 1.82) is 0 Å². The first-order valence-electron chi connectivity index (χ1n) is 19.3. The molecule has 2 amide bonds. The highest BCUT2D eigenvalue weighted by atomic mass is 16.8. The highest BCUT2D eigenvalue weighted by Gasteiger charge is 2.78. The summed E-state index contributed by atoms with van der Waals surface area (Å²) in [5, 5.41) is 13.6. The van der Waals surface area contributed by atoms with E-state index in [-0.39, 0.29) is 56.4 Å². The van der Waals surface area contributed by atoms with Gasteiger partial charge < -0.3 is 39.0 Å². The molecule has 0 radical (unpaired) electrons. The summed E-state index contributed by atoms with van der Waals surface area (Å²) in [5.41, 5.74) is -0.660. The molecule has 0 aromatic heterocycles. The highest BCUT2D eigenvalue weighted by Crippen LogP contribution is 2.64. The van der Waals surface area contributed by atoms with Gasteiger partial charge in [-0.15, -0.1) is 0 Å². The molecule has 290 valence electrons. The Labute approximate surface area is 312 Å². The van der Waals surface area contributed by atoms with Crippen LogP contribution in [-0.2, 0) is 59.0 Å². The number of esters is 3. The average Bonchev–Trinajstić information content (AvgIpc) is 4.05. The van der Waals surface area contributed by atoms with Crippen molar-refractivity contribution in [3.05, 3.63) is 41.5 Å². The van der Waals surface area contributed by atoms with Crippen molar-refractivity contribution in [2.75, 3.05) is 26.3 Å². The molecule has 1 aromatic carbocycles. The normalized spacial score (nSPS) is 36.2. The van der Waals surface area contributed by atoms with E-state index in [1.807, 2.05) is 12.1 Å². The molecule has 0 spiro atoms. The zero-order valence-electron chi connectivity index (χ0n) is 30.5. The number of nitrogens with zero attached hydrogens (tertiary/aromatic N) is 2. The van der Waals surface area contributed by atoms with Crippen LogP contribution >= 0.6 is 0 Å². The van der Waals surface area contributed by atoms with Gasteiger partial charge in [-0.05, 0) is 55.7 Å². The first kappa shape index (κ1) is 35.8. The smallest absolute Gasteiger partial charge is 0.348 e. The van der Waals surface area contributed by atoms with Crippen molar-refractivity contribution >= 4 is 35.8 Å². The van der Waals surface area contributed by atoms with E-state index in [1.165, 1.54) is 11.1 Å². The SMILES string of the molecule is CC1(C)COC(=O)[C@@H]1OC(=O)C=Cc1cccc(CN2O[C@@H]3[C@H]4OC(C5CC5)(C5CC5)O[C@H]4[C@H]4C[C@]3(C(=O)N3CCC[C@@H]3C(=O)NCCO)[C@@H]2C(=O)O4)c1. The Hall–Kier alpha value is -3.89. The number of amides is 2. The van der Waals surface area contributed by atoms with Crippen LogP contribution in [0.5, 0.6) is 0 Å². The number of ether oxygens (including phenoxy) is 5. The van der Waals surface area contributed by atoms with Crippen LogP contribution in [0.4, 0.5) is 0 Å². The molecule has 54 heavy (non-hydrogen) atoms. The topological polar surface area (TPSA) is 179 Å². The van der Waals surface area contributed by atoms with Gasteiger partial charge in [-0.2, -0.15) is 5.06 Å². The van der Waals surface area contributed by atoms with Crippen LogP contribution in [0.2, 0.25) is 0 Å². The number of hydrogen-bond acceptors (Lipinski definition) is 13. The van der Waals surface area contributed by atoms with Gasteiger partial charge in [-0.3, -0.25) is 19.2 Å². The summed E-state index contributed by atoms with van der Waals surface area (Å²) in [5.74, 6) is -2.87. The fourth-order valence-electron chi connectivity index (χ4n) is 9.72. The summed E-state index contributed by atoms with van der Waals surface area (Å²) >= 11 is 0. The number of likely N-dealkylation sites (tertiary alicyclic amines) is 1. The highest BCUT2D eigenvalue weighted by molar-refractivity contribution is 5.96. The van der Waals surface area contributed by atoms with Crippen molar-refractivity contribution < 1.29 is 57.6 Å². The summed E-state index contributed by atoms with van der Waals surface area (Å²) in [6.45, 7) is 4.03. The van der Waals surface area contributed by atoms with Crippen LogP contribution in [0, 0.1) is 22.7 Å². The molecule has 0 unspecified atom stereocenters. The first-order valence-corrected chi connectivity index (χ1v) is 19.3. The summed E-state index contributed by atoms with van der Waals surface area (Å²) in [4.78, 5) is 75.8. The molecule has 15 heteroatoms. The van der Waals surface area contributed by atoms with Crippen molar-refractivity contribution in [1.82, 2.24) is 15.3 Å². The molecular weight excluding hydrogens is 702 g/mol. The van der Waals surface area contributed by atoms with E-state index in [1.54, 1.807) is 37.0 Å². The number of carbonyl (C=O) groups is 5. The van der Waals surface area contributed by atoms with Gasteiger partial charge in [0.25, 0.3) is 0 Å². The minimum absolute atomic E-state index is 0.0706. The predicted octanol–water partition coefficient (Wildman–Crippen LogP) is 1.39. The molecule has 1 aromatic rings. The van der Waals surface area contributed by atoms with Crippen LogP contribution < -0.4 is 5.32 Å². The number of aliphatic hydroxyl groups is 1. The Morgan fingerprint density at radius 3 is 2.50 bits per heavy atom. The maximum atomic E-state index is 15.2. The molecule has 2 bridgehead atoms. The zero-order chi connectivity index (χ0) is 37.6. The Kier molecular flexibility index (Phi) is 8.69. The first-order chi connectivity index (χ1) is 25.9. The van der Waals surface area contributed by atoms with Gasteiger partial charge in [0.15, 0.2) is 11.8 Å². The lowest BCUT2D eigenvalue weighted by Gasteiger charge is -2.50. The number of carbonyl (C=O) groups excluding carboxylic acids is 5. The summed E-state index contributed by atoms with van der Waals surface area (Å²) in [6.07, 6.45) is 4.11. The number of hydrogen-bond donors (Lipinski definition) is 2. The third kappa shape index (κ3) is 5.76. The lowest BCUT2D eigenvalue weighted by Crippen LogP contribution is -2.70. The Balaban J connectivity index is 1.01. The molecule has 15 nitrogen and oxygen atoms in total. The number of hydroxylamine groups is 2. The molecule has 8 atom stereocenters. The second kappa shape index (κ2) is 13.1. The molecule has 8 aliphatic rings. The Morgan fingerprint density at radius 1 is 1.04 bits per heavy atom. The summed E-state index contributed by atoms with van der Waals surface area (Å²) in [7, 11) is 0. The van der Waals surface area contributed by atoms with Crippen LogP contribution in [0.25, 0.3) is 6.08 Å². The fraction of sp³-hybridized carbons (Fsp3) is 0.667. The standard InChI is InChI=1S/C39H47N3O12/c1-37(2)20-49-35(47)32(37)51-27(44)13-8-21-5-3-6-22(17-21)19-42-30-34(46)50-26-18-38(30,36(48)41-15-4-7-25(41)33(45)40-14-16-43)31(54-42)29-28(26)52-39(53-29,23-9-10-23)24-11-12-24/h3,5-6,8,13,17,23-26,28-32,43H,4,7,9-12,14-16,18-20H2,1-2H3,(H,40,45)/t25-,26-,28+,29+,30+,31-,32+,38+/m1/s1. The van der Waals surface area contributed by atoms with E-state index in [0.717, 1.165) is 31.2 Å². The van der Waals surface area contributed by atoms with Crippen molar-refractivity contribution in [3.63, 3.8) is 0 Å². The zero-order valence-corrected chi connectivity index (χ0v) is 30.5. The maximum Gasteiger partial charge on any atom is 0.348 e. The van der Waals surface area contributed by atoms with Crippen molar-refractivity contribution in [2.45, 2.75) is 114 Å². The maximum absolute atomic E-state index is 15.2. The number of cyclic esters (lactones) is 1. The molecule has 3 aliphatic carbocycles. The molecule has 8 fully saturated rings. The fourth-order valence-corrected chi connectivity index (χ4v) is 9.72. The third-order valence-corrected chi connectivity index (χ3v) is 12.6. The van der Waals surface area contributed by atoms with Crippen LogP contribution in [0.3, 0.4) is 0 Å². The molecule has 5 saturated heterocycles. The van der Waals surface area contributed by atoms with Gasteiger partial charge in [0.1, 0.15) is 42.5 Å². The molecular formula is C39H47N3O12. The van der Waals surface area contributed by atoms with Gasteiger partial charge in [-0.25, -0.2) is 9.59 Å². The summed E-state index contributed by atoms with van der Waals surface area (Å²) < 4.78 is 30.5. The number of benzene rings is 1. The largest absolute Gasteiger partial charge is 0.462 e. The van der Waals surface area contributed by atoms with Crippen LogP contribution in [0.1, 0.15) is 69.9 Å². The Morgan fingerprint density at radius 2 is 1.80 bits per heavy atom. The lowest BCUT2D eigenvalue weighted by molar-refractivity contribution is -0.235. The van der Waals surface area contributed by atoms with E-state index in [9.17, 15) is 24.3 Å². The molecule has 3 saturated carbocycles. The number of nitrogens with one attached hydrogen (secondary N) is 1.